The zero-order chi connectivity index (χ0) is 11.8. The number of hydrogen-bond acceptors (Lipinski definition) is 0. The molecule has 0 aromatic heterocycles. The molecule has 0 aliphatic carbocycles. The summed E-state index contributed by atoms with van der Waals surface area (Å²) in [5.41, 5.74) is 0. The van der Waals surface area contributed by atoms with E-state index in [0.717, 1.165) is 23.7 Å². The summed E-state index contributed by atoms with van der Waals surface area (Å²) in [6.45, 7) is 14.3. The van der Waals surface area contributed by atoms with E-state index in [9.17, 15) is 0 Å². The standard InChI is InChI=1S/C15H32/c1-7-10-11-15(9-3)14(6)13(5)12(4)8-2/h12-15H,7-11H2,1-6H3. The van der Waals surface area contributed by atoms with Gasteiger partial charge in [0.15, 0.2) is 0 Å². The number of hydrogen-bond donors (Lipinski definition) is 0. The Morgan fingerprint density at radius 2 is 1.40 bits per heavy atom. The Kier molecular flexibility index (Phi) is 8.19. The predicted octanol–water partition coefficient (Wildman–Crippen LogP) is 5.52. The molecule has 0 fully saturated rings. The lowest BCUT2D eigenvalue weighted by molar-refractivity contribution is 0.183. The number of rotatable bonds is 8. The fourth-order valence-corrected chi connectivity index (χ4v) is 2.62. The summed E-state index contributed by atoms with van der Waals surface area (Å²) in [4.78, 5) is 0. The van der Waals surface area contributed by atoms with Gasteiger partial charge in [-0.2, -0.15) is 0 Å². The molecule has 0 saturated carbocycles. The van der Waals surface area contributed by atoms with Crippen molar-refractivity contribution >= 4 is 0 Å². The van der Waals surface area contributed by atoms with E-state index in [-0.39, 0.29) is 0 Å². The number of unbranched alkanes of at least 4 members (excludes halogenated alkanes) is 1. The molecule has 0 aliphatic rings. The molecule has 0 rings (SSSR count). The van der Waals surface area contributed by atoms with E-state index in [1.165, 1.54) is 32.1 Å². The molecular formula is C15H32. The Morgan fingerprint density at radius 3 is 1.80 bits per heavy atom. The summed E-state index contributed by atoms with van der Waals surface area (Å²) in [6.07, 6.45) is 6.89. The van der Waals surface area contributed by atoms with Crippen LogP contribution in [0.1, 0.15) is 73.6 Å². The molecule has 0 radical (unpaired) electrons. The van der Waals surface area contributed by atoms with Gasteiger partial charge in [0.1, 0.15) is 0 Å². The molecule has 0 saturated heterocycles. The van der Waals surface area contributed by atoms with E-state index in [0.29, 0.717) is 0 Å². The molecule has 4 atom stereocenters. The van der Waals surface area contributed by atoms with Crippen LogP contribution in [-0.4, -0.2) is 0 Å². The van der Waals surface area contributed by atoms with Gasteiger partial charge in [-0.1, -0.05) is 73.6 Å². The van der Waals surface area contributed by atoms with Gasteiger partial charge in [0.05, 0.1) is 0 Å². The highest BCUT2D eigenvalue weighted by Gasteiger charge is 2.23. The minimum atomic E-state index is 0.885. The van der Waals surface area contributed by atoms with Crippen LogP contribution < -0.4 is 0 Å². The molecule has 0 heterocycles. The largest absolute Gasteiger partial charge is 0.0654 e. The second-order valence-electron chi connectivity index (χ2n) is 5.41. The first-order chi connectivity index (χ1) is 7.08. The van der Waals surface area contributed by atoms with Crippen LogP contribution in [0.2, 0.25) is 0 Å². The van der Waals surface area contributed by atoms with E-state index in [4.69, 9.17) is 0 Å². The molecule has 0 amide bonds. The van der Waals surface area contributed by atoms with Gasteiger partial charge in [-0.15, -0.1) is 0 Å². The van der Waals surface area contributed by atoms with Crippen LogP contribution in [-0.2, 0) is 0 Å². The molecule has 0 N–H and O–H groups in total. The lowest BCUT2D eigenvalue weighted by Crippen LogP contribution is -2.23. The van der Waals surface area contributed by atoms with Crippen molar-refractivity contribution in [1.29, 1.82) is 0 Å². The summed E-state index contributed by atoms with van der Waals surface area (Å²) in [7, 11) is 0. The Morgan fingerprint density at radius 1 is 0.800 bits per heavy atom. The lowest BCUT2D eigenvalue weighted by atomic mass is 9.74. The molecule has 92 valence electrons. The summed E-state index contributed by atoms with van der Waals surface area (Å²) in [5.74, 6) is 3.62. The molecule has 4 unspecified atom stereocenters. The van der Waals surface area contributed by atoms with E-state index in [1.807, 2.05) is 0 Å². The molecule has 0 spiro atoms. The highest BCUT2D eigenvalue weighted by Crippen LogP contribution is 2.32. The molecule has 0 aromatic rings. The lowest BCUT2D eigenvalue weighted by Gasteiger charge is -2.31. The second-order valence-corrected chi connectivity index (χ2v) is 5.41. The van der Waals surface area contributed by atoms with Crippen LogP contribution in [0.3, 0.4) is 0 Å². The zero-order valence-electron chi connectivity index (χ0n) is 11.8. The molecule has 0 aromatic carbocycles. The van der Waals surface area contributed by atoms with Crippen LogP contribution >= 0.6 is 0 Å². The van der Waals surface area contributed by atoms with Crippen molar-refractivity contribution in [2.45, 2.75) is 73.6 Å². The fourth-order valence-electron chi connectivity index (χ4n) is 2.62. The van der Waals surface area contributed by atoms with Gasteiger partial charge in [0, 0.05) is 0 Å². The monoisotopic (exact) mass is 212 g/mol. The highest BCUT2D eigenvalue weighted by atomic mass is 14.3. The predicted molar refractivity (Wildman–Crippen MR) is 71.1 cm³/mol. The van der Waals surface area contributed by atoms with E-state index >= 15 is 0 Å². The van der Waals surface area contributed by atoms with Crippen molar-refractivity contribution < 1.29 is 0 Å². The van der Waals surface area contributed by atoms with Gasteiger partial charge in [-0.25, -0.2) is 0 Å². The van der Waals surface area contributed by atoms with Gasteiger partial charge < -0.3 is 0 Å². The highest BCUT2D eigenvalue weighted by molar-refractivity contribution is 4.73. The van der Waals surface area contributed by atoms with Gasteiger partial charge >= 0.3 is 0 Å². The third-order valence-electron chi connectivity index (χ3n) is 4.57. The molecule has 0 bridgehead atoms. The Balaban J connectivity index is 4.16. The van der Waals surface area contributed by atoms with Crippen LogP contribution in [0, 0.1) is 23.7 Å². The molecule has 0 heteroatoms. The Bertz CT molecular complexity index is 139. The maximum Gasteiger partial charge on any atom is -0.0386 e. The topological polar surface area (TPSA) is 0 Å². The summed E-state index contributed by atoms with van der Waals surface area (Å²) in [5, 5.41) is 0. The minimum Gasteiger partial charge on any atom is -0.0654 e. The van der Waals surface area contributed by atoms with E-state index in [2.05, 4.69) is 41.5 Å². The average molecular weight is 212 g/mol. The first-order valence-corrected chi connectivity index (χ1v) is 7.08. The normalized spacial score (nSPS) is 19.6. The Hall–Kier alpha value is 0. The van der Waals surface area contributed by atoms with E-state index < -0.39 is 0 Å². The quantitative estimate of drug-likeness (QED) is 0.497. The average Bonchev–Trinajstić information content (AvgIpc) is 2.27. The summed E-state index contributed by atoms with van der Waals surface area (Å²) in [6, 6.07) is 0. The fraction of sp³-hybridized carbons (Fsp3) is 1.00. The van der Waals surface area contributed by atoms with Crippen molar-refractivity contribution in [3.05, 3.63) is 0 Å². The van der Waals surface area contributed by atoms with Crippen molar-refractivity contribution in [1.82, 2.24) is 0 Å². The molecule has 0 aliphatic heterocycles. The van der Waals surface area contributed by atoms with E-state index in [1.54, 1.807) is 0 Å². The van der Waals surface area contributed by atoms with Crippen LogP contribution in [0.25, 0.3) is 0 Å². The first kappa shape index (κ1) is 15.0. The third-order valence-corrected chi connectivity index (χ3v) is 4.57. The second kappa shape index (κ2) is 8.19. The Labute approximate surface area is 97.8 Å². The zero-order valence-corrected chi connectivity index (χ0v) is 11.8. The molecular weight excluding hydrogens is 180 g/mol. The van der Waals surface area contributed by atoms with Crippen molar-refractivity contribution in [3.8, 4) is 0 Å². The SMILES string of the molecule is CCCCC(CC)C(C)C(C)C(C)CC. The summed E-state index contributed by atoms with van der Waals surface area (Å²) >= 11 is 0. The third kappa shape index (κ3) is 5.04. The smallest absolute Gasteiger partial charge is 0.0386 e. The van der Waals surface area contributed by atoms with Gasteiger partial charge in [0.25, 0.3) is 0 Å². The van der Waals surface area contributed by atoms with Crippen molar-refractivity contribution in [3.63, 3.8) is 0 Å². The van der Waals surface area contributed by atoms with Crippen LogP contribution in [0.5, 0.6) is 0 Å². The van der Waals surface area contributed by atoms with Crippen molar-refractivity contribution in [2.75, 3.05) is 0 Å². The van der Waals surface area contributed by atoms with Gasteiger partial charge in [-0.3, -0.25) is 0 Å². The van der Waals surface area contributed by atoms with Gasteiger partial charge in [0.2, 0.25) is 0 Å². The van der Waals surface area contributed by atoms with Gasteiger partial charge in [-0.05, 0) is 23.7 Å². The van der Waals surface area contributed by atoms with Crippen molar-refractivity contribution in [2.24, 2.45) is 23.7 Å². The summed E-state index contributed by atoms with van der Waals surface area (Å²) < 4.78 is 0. The minimum absolute atomic E-state index is 0.885. The van der Waals surface area contributed by atoms with Crippen LogP contribution in [0.15, 0.2) is 0 Å². The molecule has 0 nitrogen and oxygen atoms in total. The van der Waals surface area contributed by atoms with Crippen LogP contribution in [0.4, 0.5) is 0 Å². The first-order valence-electron chi connectivity index (χ1n) is 7.08. The molecule has 15 heavy (non-hydrogen) atoms. The maximum absolute atomic E-state index is 2.47. The maximum atomic E-state index is 2.47.